The summed E-state index contributed by atoms with van der Waals surface area (Å²) in [6.45, 7) is 4.36. The Bertz CT molecular complexity index is 1290. The highest BCUT2D eigenvalue weighted by atomic mass is 79.9. The van der Waals surface area contributed by atoms with E-state index in [9.17, 15) is 18.4 Å². The average Bonchev–Trinajstić information content (AvgIpc) is 2.84. The van der Waals surface area contributed by atoms with Crippen LogP contribution in [0.3, 0.4) is 0 Å². The molecule has 1 aliphatic rings. The van der Waals surface area contributed by atoms with Crippen molar-refractivity contribution in [1.82, 2.24) is 29.3 Å². The monoisotopic (exact) mass is 548 g/mol. The molecular formula is C23H23BrF2N6O3. The molecule has 0 radical (unpaired) electrons. The van der Waals surface area contributed by atoms with Gasteiger partial charge >= 0.3 is 0 Å². The number of halogens is 3. The maximum atomic E-state index is 13.9. The number of carbonyl (C=O) groups excluding carboxylic acids is 1. The minimum atomic E-state index is -0.751. The molecule has 1 fully saturated rings. The van der Waals surface area contributed by atoms with Crippen molar-refractivity contribution in [3.8, 4) is 5.88 Å². The lowest BCUT2D eigenvalue weighted by atomic mass is 10.2. The smallest absolute Gasteiger partial charge is 0.274 e. The third-order valence-corrected chi connectivity index (χ3v) is 6.37. The van der Waals surface area contributed by atoms with Crippen LogP contribution < -0.4 is 10.3 Å². The lowest BCUT2D eigenvalue weighted by molar-refractivity contribution is 0.0657. The average molecular weight is 549 g/mol. The van der Waals surface area contributed by atoms with Crippen LogP contribution in [0.2, 0.25) is 0 Å². The number of benzene rings is 1. The molecule has 0 N–H and O–H groups in total. The van der Waals surface area contributed by atoms with E-state index in [1.807, 2.05) is 7.05 Å². The van der Waals surface area contributed by atoms with Crippen LogP contribution in [-0.4, -0.2) is 68.5 Å². The molecule has 12 heteroatoms. The Kier molecular flexibility index (Phi) is 7.51. The lowest BCUT2D eigenvalue weighted by Crippen LogP contribution is -2.47. The number of amides is 1. The van der Waals surface area contributed by atoms with Gasteiger partial charge in [-0.05, 0) is 42.0 Å². The maximum Gasteiger partial charge on any atom is 0.274 e. The zero-order valence-corrected chi connectivity index (χ0v) is 20.8. The molecule has 3 heterocycles. The molecule has 184 valence electrons. The van der Waals surface area contributed by atoms with Gasteiger partial charge in [-0.25, -0.2) is 13.8 Å². The van der Waals surface area contributed by atoms with Gasteiger partial charge in [-0.15, -0.1) is 0 Å². The minimum absolute atomic E-state index is 0.00770. The van der Waals surface area contributed by atoms with Crippen LogP contribution in [0.15, 0.2) is 39.9 Å². The van der Waals surface area contributed by atoms with Crippen LogP contribution in [0.25, 0.3) is 0 Å². The predicted octanol–water partition coefficient (Wildman–Crippen LogP) is 2.40. The summed E-state index contributed by atoms with van der Waals surface area (Å²) in [4.78, 5) is 42.3. The Morgan fingerprint density at radius 3 is 2.54 bits per heavy atom. The molecule has 1 saturated heterocycles. The summed E-state index contributed by atoms with van der Waals surface area (Å²) in [5.41, 5.74) is 0.425. The van der Waals surface area contributed by atoms with Crippen molar-refractivity contribution in [2.24, 2.45) is 0 Å². The second-order valence-electron chi connectivity index (χ2n) is 8.18. The number of aryl methyl sites for hydroxylation is 1. The van der Waals surface area contributed by atoms with Crippen molar-refractivity contribution in [3.05, 3.63) is 79.8 Å². The van der Waals surface area contributed by atoms with Crippen LogP contribution in [-0.2, 0) is 13.2 Å². The van der Waals surface area contributed by atoms with Gasteiger partial charge in [-0.3, -0.25) is 19.1 Å². The third kappa shape index (κ3) is 5.70. The lowest BCUT2D eigenvalue weighted by Gasteiger charge is -2.32. The van der Waals surface area contributed by atoms with Gasteiger partial charge in [0.25, 0.3) is 11.5 Å². The molecule has 4 rings (SSSR count). The van der Waals surface area contributed by atoms with Gasteiger partial charge in [-0.1, -0.05) is 0 Å². The number of rotatable bonds is 6. The van der Waals surface area contributed by atoms with E-state index in [0.717, 1.165) is 25.2 Å². The van der Waals surface area contributed by atoms with E-state index in [2.05, 4.69) is 35.8 Å². The summed E-state index contributed by atoms with van der Waals surface area (Å²) in [5.74, 6) is -1.28. The Hall–Kier alpha value is -3.25. The third-order valence-electron chi connectivity index (χ3n) is 5.69. The number of carbonyl (C=O) groups is 1. The second kappa shape index (κ2) is 10.6. The quantitative estimate of drug-likeness (QED) is 0.467. The molecule has 0 spiro atoms. The Labute approximate surface area is 208 Å². The summed E-state index contributed by atoms with van der Waals surface area (Å²) in [6, 6.07) is 3.15. The predicted molar refractivity (Wildman–Crippen MR) is 126 cm³/mol. The van der Waals surface area contributed by atoms with Gasteiger partial charge in [0.15, 0.2) is 0 Å². The van der Waals surface area contributed by atoms with Gasteiger partial charge in [0.1, 0.15) is 34.2 Å². The highest BCUT2D eigenvalue weighted by Gasteiger charge is 2.22. The number of piperazine rings is 1. The summed E-state index contributed by atoms with van der Waals surface area (Å²) in [6.07, 6.45) is 2.87. The molecule has 3 aromatic rings. The molecule has 35 heavy (non-hydrogen) atoms. The van der Waals surface area contributed by atoms with Crippen molar-refractivity contribution < 1.29 is 18.3 Å². The first-order valence-corrected chi connectivity index (χ1v) is 11.6. The van der Waals surface area contributed by atoms with Gasteiger partial charge in [0, 0.05) is 37.8 Å². The molecular weight excluding hydrogens is 526 g/mol. The van der Waals surface area contributed by atoms with Crippen molar-refractivity contribution in [1.29, 1.82) is 0 Å². The number of likely N-dealkylation sites (N-methyl/N-ethyl adjacent to an activating group) is 1. The Balaban J connectivity index is 1.46. The summed E-state index contributed by atoms with van der Waals surface area (Å²) >= 11 is 3.20. The highest BCUT2D eigenvalue weighted by molar-refractivity contribution is 9.10. The first kappa shape index (κ1) is 24.9. The molecule has 0 atom stereocenters. The molecule has 1 aromatic carbocycles. The first-order valence-electron chi connectivity index (χ1n) is 10.9. The molecule has 1 amide bonds. The number of hydrogen-bond donors (Lipinski definition) is 0. The van der Waals surface area contributed by atoms with Crippen LogP contribution in [0, 0.1) is 18.6 Å². The van der Waals surface area contributed by atoms with E-state index in [0.29, 0.717) is 24.6 Å². The topological polar surface area (TPSA) is 93.4 Å². The van der Waals surface area contributed by atoms with E-state index in [4.69, 9.17) is 4.74 Å². The van der Waals surface area contributed by atoms with Gasteiger partial charge < -0.3 is 14.5 Å². The fraction of sp³-hybridized carbons (Fsp3) is 0.348. The molecule has 0 bridgehead atoms. The number of aromatic nitrogens is 4. The van der Waals surface area contributed by atoms with Crippen molar-refractivity contribution >= 4 is 21.8 Å². The van der Waals surface area contributed by atoms with E-state index >= 15 is 0 Å². The highest BCUT2D eigenvalue weighted by Crippen LogP contribution is 2.21. The zero-order valence-electron chi connectivity index (χ0n) is 19.2. The number of hydrogen-bond acceptors (Lipinski definition) is 7. The Morgan fingerprint density at radius 1 is 1.14 bits per heavy atom. The SMILES string of the molecule is Cc1nc(OCc2ccc(F)cc2F)c(Br)c(=O)n1Cc1cnc(C(=O)N2CCN(C)CC2)cn1. The number of ether oxygens (including phenoxy) is 1. The standard InChI is InChI=1S/C23H23BrF2N6O3/c1-14-29-21(35-13-15-3-4-16(25)9-18(15)26)20(24)23(34)32(14)12-17-10-28-19(11-27-17)22(33)31-7-5-30(2)6-8-31/h3-4,9-11H,5-8,12-13H2,1-2H3. The number of nitrogens with zero attached hydrogens (tertiary/aromatic N) is 6. The molecule has 9 nitrogen and oxygen atoms in total. The van der Waals surface area contributed by atoms with Crippen LogP contribution in [0.4, 0.5) is 8.78 Å². The van der Waals surface area contributed by atoms with Crippen LogP contribution >= 0.6 is 15.9 Å². The van der Waals surface area contributed by atoms with Crippen LogP contribution in [0.5, 0.6) is 5.88 Å². The largest absolute Gasteiger partial charge is 0.472 e. The minimum Gasteiger partial charge on any atom is -0.472 e. The van der Waals surface area contributed by atoms with Gasteiger partial charge in [-0.2, -0.15) is 4.98 Å². The summed E-state index contributed by atoms with van der Waals surface area (Å²) in [5, 5.41) is 0. The fourth-order valence-corrected chi connectivity index (χ4v) is 3.98. The first-order chi connectivity index (χ1) is 16.7. The Morgan fingerprint density at radius 2 is 1.89 bits per heavy atom. The normalized spacial score (nSPS) is 14.3. The molecule has 0 unspecified atom stereocenters. The van der Waals surface area contributed by atoms with E-state index in [-0.39, 0.29) is 40.7 Å². The summed E-state index contributed by atoms with van der Waals surface area (Å²) in [7, 11) is 2.01. The van der Waals surface area contributed by atoms with E-state index < -0.39 is 17.2 Å². The van der Waals surface area contributed by atoms with Crippen molar-refractivity contribution in [3.63, 3.8) is 0 Å². The maximum absolute atomic E-state index is 13.9. The zero-order chi connectivity index (χ0) is 25.1. The van der Waals surface area contributed by atoms with E-state index in [1.54, 1.807) is 11.8 Å². The second-order valence-corrected chi connectivity index (χ2v) is 8.98. The van der Waals surface area contributed by atoms with Gasteiger partial charge in [0.2, 0.25) is 5.88 Å². The molecule has 1 aliphatic heterocycles. The van der Waals surface area contributed by atoms with Gasteiger partial charge in [0.05, 0.1) is 24.6 Å². The summed E-state index contributed by atoms with van der Waals surface area (Å²) < 4.78 is 33.9. The molecule has 0 aliphatic carbocycles. The molecule has 2 aromatic heterocycles. The fourth-order valence-electron chi connectivity index (χ4n) is 3.56. The van der Waals surface area contributed by atoms with Crippen molar-refractivity contribution in [2.45, 2.75) is 20.1 Å². The van der Waals surface area contributed by atoms with E-state index in [1.165, 1.54) is 23.0 Å². The van der Waals surface area contributed by atoms with Crippen LogP contribution in [0.1, 0.15) is 27.6 Å². The molecule has 0 saturated carbocycles. The van der Waals surface area contributed by atoms with Crippen molar-refractivity contribution in [2.75, 3.05) is 33.2 Å².